The van der Waals surface area contributed by atoms with E-state index in [-0.39, 0.29) is 0 Å². The average Bonchev–Trinajstić information content (AvgIpc) is 2.76. The molecule has 0 bridgehead atoms. The van der Waals surface area contributed by atoms with E-state index in [4.69, 9.17) is 4.52 Å². The molecule has 0 radical (unpaired) electrons. The van der Waals surface area contributed by atoms with Gasteiger partial charge in [-0.15, -0.1) is 0 Å². The van der Waals surface area contributed by atoms with Gasteiger partial charge in [-0.05, 0) is 24.1 Å². The van der Waals surface area contributed by atoms with E-state index in [0.717, 1.165) is 10.0 Å². The fraction of sp³-hybridized carbons (Fsp3) is 0.333. The number of aliphatic hydroxyl groups excluding tert-OH is 1. The van der Waals surface area contributed by atoms with Gasteiger partial charge >= 0.3 is 0 Å². The van der Waals surface area contributed by atoms with Crippen molar-refractivity contribution in [3.05, 3.63) is 46.0 Å². The van der Waals surface area contributed by atoms with Crippen molar-refractivity contribution in [3.8, 4) is 0 Å². The SMILES string of the molecule is CCC(O)c1noc(Cc2cccc(Br)c2)n1. The number of rotatable bonds is 4. The summed E-state index contributed by atoms with van der Waals surface area (Å²) in [5.41, 5.74) is 1.08. The lowest BCUT2D eigenvalue weighted by Crippen LogP contribution is -1.98. The first-order valence-electron chi connectivity index (χ1n) is 5.44. The Morgan fingerprint density at radius 3 is 3.00 bits per heavy atom. The number of hydrogen-bond donors (Lipinski definition) is 1. The largest absolute Gasteiger partial charge is 0.385 e. The monoisotopic (exact) mass is 296 g/mol. The Bertz CT molecular complexity index is 499. The van der Waals surface area contributed by atoms with Crippen LogP contribution in [0, 0.1) is 0 Å². The summed E-state index contributed by atoms with van der Waals surface area (Å²) in [7, 11) is 0. The van der Waals surface area contributed by atoms with Gasteiger partial charge in [0, 0.05) is 4.47 Å². The summed E-state index contributed by atoms with van der Waals surface area (Å²) in [5, 5.41) is 13.3. The number of aromatic nitrogens is 2. The summed E-state index contributed by atoms with van der Waals surface area (Å²) in [6.45, 7) is 1.87. The van der Waals surface area contributed by atoms with E-state index < -0.39 is 6.10 Å². The molecule has 1 atom stereocenters. The second kappa shape index (κ2) is 5.42. The average molecular weight is 297 g/mol. The molecule has 1 aromatic carbocycles. The molecule has 2 aromatic rings. The number of halogens is 1. The first-order chi connectivity index (χ1) is 8.19. The molecule has 0 saturated heterocycles. The van der Waals surface area contributed by atoms with E-state index >= 15 is 0 Å². The standard InChI is InChI=1S/C12H13BrN2O2/c1-2-10(16)12-14-11(17-15-12)7-8-4-3-5-9(13)6-8/h3-6,10,16H,2,7H2,1H3. The van der Waals surface area contributed by atoms with Crippen molar-refractivity contribution in [2.24, 2.45) is 0 Å². The highest BCUT2D eigenvalue weighted by Gasteiger charge is 2.13. The lowest BCUT2D eigenvalue weighted by Gasteiger charge is -1.98. The van der Waals surface area contributed by atoms with E-state index in [9.17, 15) is 5.11 Å². The van der Waals surface area contributed by atoms with E-state index in [1.165, 1.54) is 0 Å². The van der Waals surface area contributed by atoms with Crippen LogP contribution < -0.4 is 0 Å². The van der Waals surface area contributed by atoms with Crippen molar-refractivity contribution in [2.45, 2.75) is 25.9 Å². The molecule has 5 heteroatoms. The van der Waals surface area contributed by atoms with Crippen LogP contribution in [0.3, 0.4) is 0 Å². The van der Waals surface area contributed by atoms with Crippen LogP contribution in [0.25, 0.3) is 0 Å². The van der Waals surface area contributed by atoms with Crippen LogP contribution in [-0.2, 0) is 6.42 Å². The Morgan fingerprint density at radius 1 is 1.47 bits per heavy atom. The summed E-state index contributed by atoms with van der Waals surface area (Å²) in [4.78, 5) is 4.16. The molecule has 0 spiro atoms. The molecular formula is C12H13BrN2O2. The van der Waals surface area contributed by atoms with E-state index in [0.29, 0.717) is 24.6 Å². The van der Waals surface area contributed by atoms with Crippen molar-refractivity contribution >= 4 is 15.9 Å². The zero-order chi connectivity index (χ0) is 12.3. The molecule has 1 heterocycles. The molecule has 0 aliphatic heterocycles. The summed E-state index contributed by atoms with van der Waals surface area (Å²) < 4.78 is 6.11. The Labute approximate surface area is 108 Å². The Hall–Kier alpha value is -1.20. The van der Waals surface area contributed by atoms with Crippen LogP contribution in [0.4, 0.5) is 0 Å². The zero-order valence-electron chi connectivity index (χ0n) is 9.43. The van der Waals surface area contributed by atoms with Gasteiger partial charge in [-0.1, -0.05) is 40.1 Å². The maximum Gasteiger partial charge on any atom is 0.231 e. The quantitative estimate of drug-likeness (QED) is 0.942. The fourth-order valence-electron chi connectivity index (χ4n) is 1.48. The van der Waals surface area contributed by atoms with Crippen molar-refractivity contribution in [3.63, 3.8) is 0 Å². The molecule has 0 amide bonds. The molecule has 1 unspecified atom stereocenters. The summed E-state index contributed by atoms with van der Waals surface area (Å²) in [6.07, 6.45) is 0.508. The van der Waals surface area contributed by atoms with Crippen molar-refractivity contribution < 1.29 is 9.63 Å². The van der Waals surface area contributed by atoms with Gasteiger partial charge in [0.1, 0.15) is 6.10 Å². The molecule has 0 aliphatic carbocycles. The van der Waals surface area contributed by atoms with Crippen LogP contribution in [-0.4, -0.2) is 15.2 Å². The number of hydrogen-bond acceptors (Lipinski definition) is 4. The van der Waals surface area contributed by atoms with Crippen molar-refractivity contribution in [1.82, 2.24) is 10.1 Å². The molecule has 0 saturated carbocycles. The first kappa shape index (κ1) is 12.3. The van der Waals surface area contributed by atoms with Gasteiger partial charge in [-0.25, -0.2) is 0 Å². The molecule has 1 aromatic heterocycles. The van der Waals surface area contributed by atoms with Crippen LogP contribution in [0.1, 0.15) is 36.7 Å². The number of nitrogens with zero attached hydrogens (tertiary/aromatic N) is 2. The lowest BCUT2D eigenvalue weighted by molar-refractivity contribution is 0.159. The third-order valence-electron chi connectivity index (χ3n) is 2.41. The molecular weight excluding hydrogens is 284 g/mol. The zero-order valence-corrected chi connectivity index (χ0v) is 11.0. The van der Waals surface area contributed by atoms with E-state index in [1.54, 1.807) is 0 Å². The second-order valence-corrected chi connectivity index (χ2v) is 4.69. The van der Waals surface area contributed by atoms with Gasteiger partial charge in [0.15, 0.2) is 5.82 Å². The normalized spacial score (nSPS) is 12.6. The summed E-state index contributed by atoms with van der Waals surface area (Å²) in [5.74, 6) is 0.878. The Balaban J connectivity index is 2.11. The van der Waals surface area contributed by atoms with Gasteiger partial charge in [-0.3, -0.25) is 0 Å². The van der Waals surface area contributed by atoms with Crippen LogP contribution in [0.5, 0.6) is 0 Å². The van der Waals surface area contributed by atoms with Crippen LogP contribution in [0.15, 0.2) is 33.3 Å². The highest BCUT2D eigenvalue weighted by atomic mass is 79.9. The second-order valence-electron chi connectivity index (χ2n) is 3.78. The van der Waals surface area contributed by atoms with Gasteiger partial charge in [0.05, 0.1) is 6.42 Å². The minimum Gasteiger partial charge on any atom is -0.385 e. The smallest absolute Gasteiger partial charge is 0.231 e. The molecule has 17 heavy (non-hydrogen) atoms. The molecule has 2 rings (SSSR count). The molecule has 4 nitrogen and oxygen atoms in total. The van der Waals surface area contributed by atoms with Gasteiger partial charge in [-0.2, -0.15) is 4.98 Å². The predicted molar refractivity (Wildman–Crippen MR) is 66.5 cm³/mol. The molecule has 1 N–H and O–H groups in total. The number of benzene rings is 1. The minimum atomic E-state index is -0.644. The van der Waals surface area contributed by atoms with Crippen LogP contribution in [0.2, 0.25) is 0 Å². The summed E-state index contributed by atoms with van der Waals surface area (Å²) >= 11 is 3.41. The predicted octanol–water partition coefficient (Wildman–Crippen LogP) is 2.87. The molecule has 90 valence electrons. The Morgan fingerprint density at radius 2 is 2.29 bits per heavy atom. The third kappa shape index (κ3) is 3.14. The first-order valence-corrected chi connectivity index (χ1v) is 6.23. The fourth-order valence-corrected chi connectivity index (χ4v) is 1.93. The van der Waals surface area contributed by atoms with Crippen molar-refractivity contribution in [1.29, 1.82) is 0 Å². The highest BCUT2D eigenvalue weighted by molar-refractivity contribution is 9.10. The summed E-state index contributed by atoms with van der Waals surface area (Å²) in [6, 6.07) is 7.91. The maximum atomic E-state index is 9.56. The van der Waals surface area contributed by atoms with Crippen molar-refractivity contribution in [2.75, 3.05) is 0 Å². The van der Waals surface area contributed by atoms with Gasteiger partial charge in [0.2, 0.25) is 5.89 Å². The molecule has 0 aliphatic rings. The topological polar surface area (TPSA) is 59.2 Å². The van der Waals surface area contributed by atoms with E-state index in [1.807, 2.05) is 31.2 Å². The molecule has 0 fully saturated rings. The maximum absolute atomic E-state index is 9.56. The third-order valence-corrected chi connectivity index (χ3v) is 2.91. The Kier molecular flexibility index (Phi) is 3.91. The lowest BCUT2D eigenvalue weighted by atomic mass is 10.1. The van der Waals surface area contributed by atoms with Gasteiger partial charge < -0.3 is 9.63 Å². The van der Waals surface area contributed by atoms with Gasteiger partial charge in [0.25, 0.3) is 0 Å². The highest BCUT2D eigenvalue weighted by Crippen LogP contribution is 2.16. The van der Waals surface area contributed by atoms with Crippen LogP contribution >= 0.6 is 15.9 Å². The van der Waals surface area contributed by atoms with E-state index in [2.05, 4.69) is 26.1 Å². The number of aliphatic hydroxyl groups is 1. The minimum absolute atomic E-state index is 0.359.